The number of hydrogen-bond acceptors (Lipinski definition) is 4. The third-order valence-electron chi connectivity index (χ3n) is 3.32. The van der Waals surface area contributed by atoms with E-state index in [1.807, 2.05) is 6.07 Å². The standard InChI is InChI=1S/C15H16ClN3O2/c16-12-4-5-14(20)13(8-12)18-10-11(9-17)15(21)19-6-2-1-3-7-19/h4-5,8,10,18,20H,1-3,6-7H2/b11-10-. The molecule has 1 aliphatic heterocycles. The molecule has 0 radical (unpaired) electrons. The van der Waals surface area contributed by atoms with Gasteiger partial charge in [0.1, 0.15) is 17.4 Å². The Morgan fingerprint density at radius 1 is 1.38 bits per heavy atom. The first-order valence-electron chi connectivity index (χ1n) is 6.76. The Hall–Kier alpha value is -2.19. The first-order valence-corrected chi connectivity index (χ1v) is 7.14. The Labute approximate surface area is 128 Å². The summed E-state index contributed by atoms with van der Waals surface area (Å²) in [7, 11) is 0. The zero-order valence-corrected chi connectivity index (χ0v) is 12.2. The number of rotatable bonds is 3. The maximum atomic E-state index is 12.2. The second-order valence-electron chi connectivity index (χ2n) is 4.83. The zero-order valence-electron chi connectivity index (χ0n) is 11.5. The monoisotopic (exact) mass is 305 g/mol. The van der Waals surface area contributed by atoms with E-state index in [0.29, 0.717) is 23.8 Å². The van der Waals surface area contributed by atoms with Crippen molar-refractivity contribution in [2.45, 2.75) is 19.3 Å². The van der Waals surface area contributed by atoms with Gasteiger partial charge in [0.05, 0.1) is 5.69 Å². The number of likely N-dealkylation sites (tertiary alicyclic amines) is 1. The van der Waals surface area contributed by atoms with Crippen LogP contribution in [-0.4, -0.2) is 29.0 Å². The molecule has 2 N–H and O–H groups in total. The van der Waals surface area contributed by atoms with Crippen molar-refractivity contribution in [1.29, 1.82) is 5.26 Å². The molecule has 1 heterocycles. The molecule has 1 saturated heterocycles. The van der Waals surface area contributed by atoms with Crippen LogP contribution in [0.5, 0.6) is 5.75 Å². The summed E-state index contributed by atoms with van der Waals surface area (Å²) in [6.45, 7) is 1.36. The van der Waals surface area contributed by atoms with Crippen LogP contribution in [0.2, 0.25) is 5.02 Å². The molecule has 21 heavy (non-hydrogen) atoms. The number of carbonyl (C=O) groups excluding carboxylic acids is 1. The second-order valence-corrected chi connectivity index (χ2v) is 5.26. The van der Waals surface area contributed by atoms with Gasteiger partial charge in [-0.05, 0) is 37.5 Å². The molecule has 1 aromatic carbocycles. The number of hydrogen-bond donors (Lipinski definition) is 2. The van der Waals surface area contributed by atoms with E-state index in [0.717, 1.165) is 19.3 Å². The van der Waals surface area contributed by atoms with E-state index in [2.05, 4.69) is 5.32 Å². The lowest BCUT2D eigenvalue weighted by atomic mass is 10.1. The van der Waals surface area contributed by atoms with Crippen molar-refractivity contribution in [1.82, 2.24) is 4.90 Å². The van der Waals surface area contributed by atoms with Crippen LogP contribution in [0, 0.1) is 11.3 Å². The fraction of sp³-hybridized carbons (Fsp3) is 0.333. The molecular formula is C15H16ClN3O2. The van der Waals surface area contributed by atoms with Gasteiger partial charge in [0, 0.05) is 24.3 Å². The minimum atomic E-state index is -0.286. The number of amides is 1. The van der Waals surface area contributed by atoms with Crippen LogP contribution in [0.1, 0.15) is 19.3 Å². The maximum absolute atomic E-state index is 12.2. The van der Waals surface area contributed by atoms with Gasteiger partial charge in [0.15, 0.2) is 0 Å². The Balaban J connectivity index is 2.11. The maximum Gasteiger partial charge on any atom is 0.266 e. The normalized spacial score (nSPS) is 15.4. The number of aromatic hydroxyl groups is 1. The average Bonchev–Trinajstić information content (AvgIpc) is 2.51. The highest BCUT2D eigenvalue weighted by Crippen LogP contribution is 2.26. The summed E-state index contributed by atoms with van der Waals surface area (Å²) in [6.07, 6.45) is 4.35. The Kier molecular flexibility index (Phi) is 5.07. The molecule has 0 spiro atoms. The van der Waals surface area contributed by atoms with Crippen LogP contribution in [-0.2, 0) is 4.79 Å². The van der Waals surface area contributed by atoms with Gasteiger partial charge in [-0.1, -0.05) is 11.6 Å². The van der Waals surface area contributed by atoms with Gasteiger partial charge in [-0.2, -0.15) is 5.26 Å². The van der Waals surface area contributed by atoms with E-state index < -0.39 is 0 Å². The fourth-order valence-corrected chi connectivity index (χ4v) is 2.36. The topological polar surface area (TPSA) is 76.4 Å². The largest absolute Gasteiger partial charge is 0.506 e. The summed E-state index contributed by atoms with van der Waals surface area (Å²) in [5, 5.41) is 22.0. The minimum Gasteiger partial charge on any atom is -0.506 e. The van der Waals surface area contributed by atoms with E-state index in [1.165, 1.54) is 18.3 Å². The number of nitrogens with zero attached hydrogens (tertiary/aromatic N) is 2. The molecule has 110 valence electrons. The lowest BCUT2D eigenvalue weighted by Crippen LogP contribution is -2.36. The molecule has 0 unspecified atom stereocenters. The highest BCUT2D eigenvalue weighted by molar-refractivity contribution is 6.30. The molecule has 0 aliphatic carbocycles. The molecule has 1 aliphatic rings. The van der Waals surface area contributed by atoms with Crippen LogP contribution in [0.15, 0.2) is 30.0 Å². The van der Waals surface area contributed by atoms with E-state index in [9.17, 15) is 9.90 Å². The van der Waals surface area contributed by atoms with Crippen molar-refractivity contribution in [3.8, 4) is 11.8 Å². The third-order valence-corrected chi connectivity index (χ3v) is 3.56. The number of anilines is 1. The van der Waals surface area contributed by atoms with Crippen LogP contribution < -0.4 is 5.32 Å². The van der Waals surface area contributed by atoms with Gasteiger partial charge in [0.25, 0.3) is 5.91 Å². The predicted molar refractivity (Wildman–Crippen MR) is 80.9 cm³/mol. The van der Waals surface area contributed by atoms with Gasteiger partial charge >= 0.3 is 0 Å². The number of nitrogens with one attached hydrogen (secondary N) is 1. The van der Waals surface area contributed by atoms with Crippen LogP contribution >= 0.6 is 11.6 Å². The number of benzene rings is 1. The van der Waals surface area contributed by atoms with Gasteiger partial charge in [-0.15, -0.1) is 0 Å². The van der Waals surface area contributed by atoms with Crippen LogP contribution in [0.3, 0.4) is 0 Å². The molecule has 1 aromatic rings. The van der Waals surface area contributed by atoms with Crippen molar-refractivity contribution in [2.24, 2.45) is 0 Å². The Bertz CT molecular complexity index is 601. The predicted octanol–water partition coefficient (Wildman–Crippen LogP) is 2.88. The number of nitriles is 1. The van der Waals surface area contributed by atoms with Crippen molar-refractivity contribution in [3.05, 3.63) is 35.0 Å². The van der Waals surface area contributed by atoms with Gasteiger partial charge in [0.2, 0.25) is 0 Å². The third kappa shape index (κ3) is 3.89. The SMILES string of the molecule is N#C/C(=C/Nc1cc(Cl)ccc1O)C(=O)N1CCCCC1. The van der Waals surface area contributed by atoms with Crippen molar-refractivity contribution >= 4 is 23.2 Å². The number of phenols is 1. The molecule has 6 heteroatoms. The molecule has 0 bridgehead atoms. The summed E-state index contributed by atoms with van der Waals surface area (Å²) in [5.74, 6) is -0.287. The molecule has 5 nitrogen and oxygen atoms in total. The van der Waals surface area contributed by atoms with E-state index >= 15 is 0 Å². The summed E-state index contributed by atoms with van der Waals surface area (Å²) in [5.41, 5.74) is 0.359. The van der Waals surface area contributed by atoms with Crippen LogP contribution in [0.25, 0.3) is 0 Å². The van der Waals surface area contributed by atoms with Crippen molar-refractivity contribution < 1.29 is 9.90 Å². The first-order chi connectivity index (χ1) is 10.1. The molecule has 1 amide bonds. The first kappa shape index (κ1) is 15.2. The van der Waals surface area contributed by atoms with Crippen LogP contribution in [0.4, 0.5) is 5.69 Å². The summed E-state index contributed by atoms with van der Waals surface area (Å²) >= 11 is 5.84. The highest BCUT2D eigenvalue weighted by Gasteiger charge is 2.20. The number of halogens is 1. The second kappa shape index (κ2) is 7.00. The number of piperidine rings is 1. The lowest BCUT2D eigenvalue weighted by molar-refractivity contribution is -0.127. The Morgan fingerprint density at radius 2 is 2.10 bits per heavy atom. The fourth-order valence-electron chi connectivity index (χ4n) is 2.18. The zero-order chi connectivity index (χ0) is 15.2. The molecule has 2 rings (SSSR count). The molecule has 0 saturated carbocycles. The summed E-state index contributed by atoms with van der Waals surface area (Å²) in [6, 6.07) is 6.41. The van der Waals surface area contributed by atoms with Gasteiger partial charge in [-0.25, -0.2) is 0 Å². The molecular weight excluding hydrogens is 290 g/mol. The molecule has 0 atom stereocenters. The highest BCUT2D eigenvalue weighted by atomic mass is 35.5. The molecule has 1 fully saturated rings. The lowest BCUT2D eigenvalue weighted by Gasteiger charge is -2.26. The Morgan fingerprint density at radius 3 is 2.76 bits per heavy atom. The minimum absolute atomic E-state index is 0.00152. The van der Waals surface area contributed by atoms with Gasteiger partial charge in [-0.3, -0.25) is 4.79 Å². The molecule has 0 aromatic heterocycles. The van der Waals surface area contributed by atoms with E-state index in [-0.39, 0.29) is 17.2 Å². The van der Waals surface area contributed by atoms with Crippen molar-refractivity contribution in [2.75, 3.05) is 18.4 Å². The van der Waals surface area contributed by atoms with Crippen molar-refractivity contribution in [3.63, 3.8) is 0 Å². The summed E-state index contributed by atoms with van der Waals surface area (Å²) in [4.78, 5) is 13.9. The average molecular weight is 306 g/mol. The summed E-state index contributed by atoms with van der Waals surface area (Å²) < 4.78 is 0. The van der Waals surface area contributed by atoms with E-state index in [1.54, 1.807) is 11.0 Å². The quantitative estimate of drug-likeness (QED) is 0.511. The van der Waals surface area contributed by atoms with Gasteiger partial charge < -0.3 is 15.3 Å². The van der Waals surface area contributed by atoms with E-state index in [4.69, 9.17) is 16.9 Å². The smallest absolute Gasteiger partial charge is 0.266 e. The number of carbonyl (C=O) groups is 1. The number of phenolic OH excluding ortho intramolecular Hbond substituents is 1.